The van der Waals surface area contributed by atoms with E-state index < -0.39 is 11.4 Å². The molecule has 0 aromatic heterocycles. The number of hydrogen-bond donors (Lipinski definition) is 0. The maximum absolute atomic E-state index is 13.9. The maximum Gasteiger partial charge on any atom is 0.257 e. The highest BCUT2D eigenvalue weighted by molar-refractivity contribution is 5.94. The lowest BCUT2D eigenvalue weighted by Gasteiger charge is -2.41. The van der Waals surface area contributed by atoms with Gasteiger partial charge in [0.25, 0.3) is 5.91 Å². The molecule has 1 aromatic carbocycles. The van der Waals surface area contributed by atoms with Crippen molar-refractivity contribution in [1.29, 1.82) is 0 Å². The first-order valence-electron chi connectivity index (χ1n) is 6.52. The van der Waals surface area contributed by atoms with Crippen LogP contribution in [-0.4, -0.2) is 35.6 Å². The van der Waals surface area contributed by atoms with Gasteiger partial charge in [0.2, 0.25) is 0 Å². The number of rotatable bonds is 1. The van der Waals surface area contributed by atoms with E-state index in [0.29, 0.717) is 13.1 Å². The van der Waals surface area contributed by atoms with Crippen LogP contribution in [0, 0.1) is 12.7 Å². The molecule has 0 saturated carbocycles. The third kappa shape index (κ3) is 3.13. The number of nitrogens with zero attached hydrogens (tertiary/aromatic N) is 1. The predicted molar refractivity (Wildman–Crippen MR) is 71.7 cm³/mol. The number of aryl methyl sites for hydroxylation is 1. The number of hydrogen-bond acceptors (Lipinski definition) is 2. The van der Waals surface area contributed by atoms with E-state index >= 15 is 0 Å². The first-order chi connectivity index (χ1) is 8.78. The van der Waals surface area contributed by atoms with Crippen LogP contribution in [0.2, 0.25) is 0 Å². The molecule has 1 fully saturated rings. The fourth-order valence-electron chi connectivity index (χ4n) is 2.57. The Bertz CT molecular complexity index is 499. The van der Waals surface area contributed by atoms with E-state index in [1.807, 2.05) is 20.8 Å². The number of halogens is 1. The summed E-state index contributed by atoms with van der Waals surface area (Å²) in [6, 6.07) is 4.70. The van der Waals surface area contributed by atoms with Crippen LogP contribution < -0.4 is 0 Å². The Hall–Kier alpha value is -1.42. The Morgan fingerprint density at radius 1 is 1.47 bits per heavy atom. The Kier molecular flexibility index (Phi) is 3.63. The molecule has 1 atom stereocenters. The number of benzene rings is 1. The second-order valence-corrected chi connectivity index (χ2v) is 5.86. The standard InChI is InChI=1S/C15H20FNO2/c1-10-5-6-12(13(16)7-10)14(18)17-8-11(2)19-15(3,4)9-17/h5-7,11H,8-9H2,1-4H3. The van der Waals surface area contributed by atoms with Gasteiger partial charge in [-0.1, -0.05) is 6.07 Å². The average molecular weight is 265 g/mol. The highest BCUT2D eigenvalue weighted by atomic mass is 19.1. The summed E-state index contributed by atoms with van der Waals surface area (Å²) >= 11 is 0. The third-order valence-electron chi connectivity index (χ3n) is 3.21. The molecule has 1 saturated heterocycles. The number of carbonyl (C=O) groups is 1. The summed E-state index contributed by atoms with van der Waals surface area (Å²) in [7, 11) is 0. The van der Waals surface area contributed by atoms with E-state index in [4.69, 9.17) is 4.74 Å². The van der Waals surface area contributed by atoms with Crippen molar-refractivity contribution in [2.75, 3.05) is 13.1 Å². The van der Waals surface area contributed by atoms with E-state index in [9.17, 15) is 9.18 Å². The van der Waals surface area contributed by atoms with E-state index in [2.05, 4.69) is 0 Å². The molecule has 0 aliphatic carbocycles. The molecule has 1 aliphatic heterocycles. The van der Waals surface area contributed by atoms with E-state index in [1.54, 1.807) is 24.0 Å². The van der Waals surface area contributed by atoms with Crippen LogP contribution in [0.5, 0.6) is 0 Å². The second-order valence-electron chi connectivity index (χ2n) is 5.86. The molecule has 0 bridgehead atoms. The van der Waals surface area contributed by atoms with Crippen LogP contribution in [0.1, 0.15) is 36.7 Å². The van der Waals surface area contributed by atoms with Gasteiger partial charge in [0.1, 0.15) is 5.82 Å². The minimum absolute atomic E-state index is 0.0405. The van der Waals surface area contributed by atoms with E-state index in [0.717, 1.165) is 5.56 Å². The molecule has 1 unspecified atom stereocenters. The lowest BCUT2D eigenvalue weighted by Crippen LogP contribution is -2.53. The first-order valence-corrected chi connectivity index (χ1v) is 6.52. The normalized spacial score (nSPS) is 22.4. The minimum Gasteiger partial charge on any atom is -0.369 e. The number of ether oxygens (including phenoxy) is 1. The van der Waals surface area contributed by atoms with E-state index in [1.165, 1.54) is 6.07 Å². The lowest BCUT2D eigenvalue weighted by molar-refractivity contribution is -0.118. The van der Waals surface area contributed by atoms with Crippen molar-refractivity contribution in [3.8, 4) is 0 Å². The van der Waals surface area contributed by atoms with Gasteiger partial charge in [0, 0.05) is 13.1 Å². The summed E-state index contributed by atoms with van der Waals surface area (Å²) in [4.78, 5) is 14.1. The SMILES string of the molecule is Cc1ccc(C(=O)N2CC(C)OC(C)(C)C2)c(F)c1. The lowest BCUT2D eigenvalue weighted by atomic mass is 10.0. The fraction of sp³-hybridized carbons (Fsp3) is 0.533. The van der Waals surface area contributed by atoms with Crippen molar-refractivity contribution in [2.24, 2.45) is 0 Å². The average Bonchev–Trinajstić information content (AvgIpc) is 2.25. The molecule has 1 aliphatic rings. The van der Waals surface area contributed by atoms with Crippen LogP contribution >= 0.6 is 0 Å². The summed E-state index contributed by atoms with van der Waals surface area (Å²) in [5.74, 6) is -0.720. The Balaban J connectivity index is 2.24. The summed E-state index contributed by atoms with van der Waals surface area (Å²) in [5.41, 5.74) is 0.550. The zero-order chi connectivity index (χ0) is 14.2. The van der Waals surface area contributed by atoms with Crippen LogP contribution in [-0.2, 0) is 4.74 Å². The molecule has 3 nitrogen and oxygen atoms in total. The molecule has 1 heterocycles. The Labute approximate surface area is 113 Å². The molecule has 4 heteroatoms. The van der Waals surface area contributed by atoms with Gasteiger partial charge in [-0.15, -0.1) is 0 Å². The van der Waals surface area contributed by atoms with Crippen molar-refractivity contribution in [1.82, 2.24) is 4.90 Å². The number of amides is 1. The summed E-state index contributed by atoms with van der Waals surface area (Å²) < 4.78 is 19.6. The van der Waals surface area contributed by atoms with Gasteiger partial charge in [0.05, 0.1) is 17.3 Å². The van der Waals surface area contributed by atoms with Gasteiger partial charge in [-0.2, -0.15) is 0 Å². The molecule has 2 rings (SSSR count). The van der Waals surface area contributed by atoms with Gasteiger partial charge < -0.3 is 9.64 Å². The van der Waals surface area contributed by atoms with Crippen molar-refractivity contribution in [3.63, 3.8) is 0 Å². The highest BCUT2D eigenvalue weighted by Gasteiger charge is 2.34. The first kappa shape index (κ1) is 14.0. The van der Waals surface area contributed by atoms with Crippen LogP contribution in [0.15, 0.2) is 18.2 Å². The molecular formula is C15H20FNO2. The van der Waals surface area contributed by atoms with Gasteiger partial charge in [0.15, 0.2) is 0 Å². The summed E-state index contributed by atoms with van der Waals surface area (Å²) in [5, 5.41) is 0. The molecule has 19 heavy (non-hydrogen) atoms. The molecule has 0 spiro atoms. The fourth-order valence-corrected chi connectivity index (χ4v) is 2.57. The largest absolute Gasteiger partial charge is 0.369 e. The summed E-state index contributed by atoms with van der Waals surface area (Å²) in [6.07, 6.45) is -0.0405. The van der Waals surface area contributed by atoms with Crippen molar-refractivity contribution in [3.05, 3.63) is 35.1 Å². The Morgan fingerprint density at radius 3 is 2.74 bits per heavy atom. The third-order valence-corrected chi connectivity index (χ3v) is 3.21. The van der Waals surface area contributed by atoms with Gasteiger partial charge in [-0.3, -0.25) is 4.79 Å². The topological polar surface area (TPSA) is 29.5 Å². The van der Waals surface area contributed by atoms with Gasteiger partial charge >= 0.3 is 0 Å². The number of carbonyl (C=O) groups excluding carboxylic acids is 1. The van der Waals surface area contributed by atoms with Crippen molar-refractivity contribution in [2.45, 2.75) is 39.4 Å². The smallest absolute Gasteiger partial charge is 0.257 e. The van der Waals surface area contributed by atoms with Crippen molar-refractivity contribution < 1.29 is 13.9 Å². The minimum atomic E-state index is -0.457. The molecule has 104 valence electrons. The van der Waals surface area contributed by atoms with Gasteiger partial charge in [-0.05, 0) is 45.4 Å². The van der Waals surface area contributed by atoms with E-state index in [-0.39, 0.29) is 17.6 Å². The molecular weight excluding hydrogens is 245 g/mol. The summed E-state index contributed by atoms with van der Waals surface area (Å²) in [6.45, 7) is 8.58. The Morgan fingerprint density at radius 2 is 2.16 bits per heavy atom. The zero-order valence-electron chi connectivity index (χ0n) is 11.9. The molecule has 0 N–H and O–H groups in total. The molecule has 0 radical (unpaired) electrons. The molecule has 1 aromatic rings. The maximum atomic E-state index is 13.9. The number of morpholine rings is 1. The van der Waals surface area contributed by atoms with Crippen LogP contribution in [0.3, 0.4) is 0 Å². The quantitative estimate of drug-likeness (QED) is 0.781. The van der Waals surface area contributed by atoms with Gasteiger partial charge in [-0.25, -0.2) is 4.39 Å². The zero-order valence-corrected chi connectivity index (χ0v) is 11.9. The van der Waals surface area contributed by atoms with Crippen LogP contribution in [0.4, 0.5) is 4.39 Å². The van der Waals surface area contributed by atoms with Crippen LogP contribution in [0.25, 0.3) is 0 Å². The highest BCUT2D eigenvalue weighted by Crippen LogP contribution is 2.23. The second kappa shape index (κ2) is 4.93. The molecule has 1 amide bonds. The predicted octanol–water partition coefficient (Wildman–Crippen LogP) is 2.77. The monoisotopic (exact) mass is 265 g/mol. The van der Waals surface area contributed by atoms with Crippen molar-refractivity contribution >= 4 is 5.91 Å².